The monoisotopic (exact) mass is 460 g/mol. The second-order valence-electron chi connectivity index (χ2n) is 7.07. The molecule has 0 amide bonds. The molecule has 2 aromatic carbocycles. The average molecular weight is 461 g/mol. The minimum absolute atomic E-state index is 0.188. The van der Waals surface area contributed by atoms with Crippen LogP contribution in [0.2, 0.25) is 0 Å². The van der Waals surface area contributed by atoms with E-state index in [9.17, 15) is 12.8 Å². The van der Waals surface area contributed by atoms with Crippen molar-refractivity contribution in [3.05, 3.63) is 64.4 Å². The van der Waals surface area contributed by atoms with Gasteiger partial charge in [-0.25, -0.2) is 22.0 Å². The number of fused-ring (bicyclic) bond motifs is 1. The van der Waals surface area contributed by atoms with Gasteiger partial charge in [-0.1, -0.05) is 12.1 Å². The van der Waals surface area contributed by atoms with Gasteiger partial charge in [0.25, 0.3) is 0 Å². The number of benzene rings is 2. The van der Waals surface area contributed by atoms with Crippen molar-refractivity contribution >= 4 is 26.3 Å². The Balaban J connectivity index is 1.50. The number of rotatable bonds is 7. The number of ether oxygens (including phenoxy) is 1. The van der Waals surface area contributed by atoms with E-state index in [0.29, 0.717) is 28.5 Å². The molecule has 0 bridgehead atoms. The molecule has 0 radical (unpaired) electrons. The lowest BCUT2D eigenvalue weighted by Crippen LogP contribution is -2.26. The molecule has 31 heavy (non-hydrogen) atoms. The minimum atomic E-state index is -3.68. The number of sulfonamides is 1. The zero-order valence-corrected chi connectivity index (χ0v) is 18.8. The first-order valence-electron chi connectivity index (χ1n) is 9.53. The number of nitrogens with zero attached hydrogens (tertiary/aromatic N) is 3. The maximum Gasteiger partial charge on any atom is 0.240 e. The second-order valence-corrected chi connectivity index (χ2v) is 9.68. The van der Waals surface area contributed by atoms with Gasteiger partial charge in [0, 0.05) is 18.3 Å². The highest BCUT2D eigenvalue weighted by molar-refractivity contribution is 7.89. The van der Waals surface area contributed by atoms with E-state index in [2.05, 4.69) is 14.8 Å². The first-order valence-corrected chi connectivity index (χ1v) is 11.9. The average Bonchev–Trinajstić information content (AvgIpc) is 3.29. The van der Waals surface area contributed by atoms with Gasteiger partial charge in [0.2, 0.25) is 15.0 Å². The lowest BCUT2D eigenvalue weighted by molar-refractivity contribution is 0.408. The Morgan fingerprint density at radius 1 is 1.19 bits per heavy atom. The molecular weight excluding hydrogens is 439 g/mol. The van der Waals surface area contributed by atoms with Gasteiger partial charge in [-0.05, 0) is 49.2 Å². The van der Waals surface area contributed by atoms with Crippen LogP contribution in [0.15, 0.2) is 46.7 Å². The molecule has 0 aliphatic carbocycles. The van der Waals surface area contributed by atoms with E-state index in [1.807, 2.05) is 19.2 Å². The molecule has 0 fully saturated rings. The van der Waals surface area contributed by atoms with Crippen molar-refractivity contribution in [3.63, 3.8) is 0 Å². The number of hydrogen-bond donors (Lipinski definition) is 1. The van der Waals surface area contributed by atoms with Crippen molar-refractivity contribution in [1.82, 2.24) is 19.3 Å². The smallest absolute Gasteiger partial charge is 0.240 e. The first-order chi connectivity index (χ1) is 14.8. The summed E-state index contributed by atoms with van der Waals surface area (Å²) in [5, 5.41) is 6.28. The van der Waals surface area contributed by atoms with Gasteiger partial charge >= 0.3 is 0 Å². The van der Waals surface area contributed by atoms with Crippen molar-refractivity contribution in [2.75, 3.05) is 13.7 Å². The summed E-state index contributed by atoms with van der Waals surface area (Å²) >= 11 is 1.37. The number of methoxy groups -OCH3 is 1. The van der Waals surface area contributed by atoms with Gasteiger partial charge in [-0.15, -0.1) is 16.4 Å². The number of aromatic nitrogens is 3. The van der Waals surface area contributed by atoms with Crippen molar-refractivity contribution in [2.45, 2.75) is 25.2 Å². The van der Waals surface area contributed by atoms with E-state index in [4.69, 9.17) is 4.74 Å². The van der Waals surface area contributed by atoms with Crippen LogP contribution in [0, 0.1) is 19.7 Å². The van der Waals surface area contributed by atoms with Crippen LogP contribution >= 0.6 is 11.3 Å². The van der Waals surface area contributed by atoms with Gasteiger partial charge < -0.3 is 4.74 Å². The summed E-state index contributed by atoms with van der Waals surface area (Å²) in [6, 6.07) is 9.51. The highest BCUT2D eigenvalue weighted by atomic mass is 32.2. The molecule has 10 heteroatoms. The molecule has 0 unspecified atom stereocenters. The number of thiazole rings is 1. The molecule has 0 saturated carbocycles. The van der Waals surface area contributed by atoms with Crippen LogP contribution in [0.3, 0.4) is 0 Å². The maximum atomic E-state index is 14.0. The summed E-state index contributed by atoms with van der Waals surface area (Å²) < 4.78 is 49.1. The van der Waals surface area contributed by atoms with E-state index in [1.165, 1.54) is 17.4 Å². The third-order valence-electron chi connectivity index (χ3n) is 4.89. The summed E-state index contributed by atoms with van der Waals surface area (Å²) in [6.07, 6.45) is 0.410. The third kappa shape index (κ3) is 4.18. The van der Waals surface area contributed by atoms with Crippen LogP contribution in [-0.4, -0.2) is 36.7 Å². The van der Waals surface area contributed by atoms with Crippen molar-refractivity contribution in [1.29, 1.82) is 0 Å². The van der Waals surface area contributed by atoms with Gasteiger partial charge in [0.05, 0.1) is 23.3 Å². The van der Waals surface area contributed by atoms with E-state index in [0.717, 1.165) is 16.8 Å². The Morgan fingerprint density at radius 2 is 1.90 bits per heavy atom. The molecule has 2 aromatic heterocycles. The predicted octanol–water partition coefficient (Wildman–Crippen LogP) is 3.74. The fourth-order valence-electron chi connectivity index (χ4n) is 3.44. The Labute approximate surface area is 183 Å². The van der Waals surface area contributed by atoms with Gasteiger partial charge in [-0.3, -0.25) is 0 Å². The van der Waals surface area contributed by atoms with Gasteiger partial charge in [-0.2, -0.15) is 4.98 Å². The van der Waals surface area contributed by atoms with E-state index in [1.54, 1.807) is 42.0 Å². The molecule has 0 spiro atoms. The predicted molar refractivity (Wildman–Crippen MR) is 118 cm³/mol. The molecule has 4 rings (SSSR count). The second kappa shape index (κ2) is 8.37. The molecule has 0 aliphatic heterocycles. The lowest BCUT2D eigenvalue weighted by atomic mass is 10.1. The fraction of sp³-hybridized carbons (Fsp3) is 0.238. The topological polar surface area (TPSA) is 85.6 Å². The number of halogens is 1. The van der Waals surface area contributed by atoms with Gasteiger partial charge in [0.1, 0.15) is 11.6 Å². The Hall–Kier alpha value is -2.82. The van der Waals surface area contributed by atoms with Crippen molar-refractivity contribution in [3.8, 4) is 17.1 Å². The van der Waals surface area contributed by atoms with Crippen molar-refractivity contribution < 1.29 is 17.5 Å². The van der Waals surface area contributed by atoms with Crippen LogP contribution in [0.25, 0.3) is 16.3 Å². The third-order valence-corrected chi connectivity index (χ3v) is 7.19. The van der Waals surface area contributed by atoms with E-state index < -0.39 is 10.0 Å². The highest BCUT2D eigenvalue weighted by Gasteiger charge is 2.18. The Bertz CT molecular complexity index is 1340. The summed E-state index contributed by atoms with van der Waals surface area (Å²) in [6.45, 7) is 3.81. The highest BCUT2D eigenvalue weighted by Crippen LogP contribution is 2.27. The van der Waals surface area contributed by atoms with Gasteiger partial charge in [0.15, 0.2) is 5.82 Å². The molecule has 0 saturated heterocycles. The van der Waals surface area contributed by atoms with Crippen LogP contribution in [0.5, 0.6) is 5.75 Å². The number of nitrogens with one attached hydrogen (secondary N) is 1. The fourth-order valence-corrected chi connectivity index (χ4v) is 5.50. The summed E-state index contributed by atoms with van der Waals surface area (Å²) in [5.74, 6) is 0.590. The van der Waals surface area contributed by atoms with Crippen molar-refractivity contribution in [2.24, 2.45) is 0 Å². The molecule has 2 heterocycles. The van der Waals surface area contributed by atoms with E-state index in [-0.39, 0.29) is 17.3 Å². The largest absolute Gasteiger partial charge is 0.496 e. The SMILES string of the molecule is COc1c(C)cc(S(=O)(=O)NCCc2csc3nc(-c4ccccc4F)nn23)cc1C. The molecule has 4 aromatic rings. The van der Waals surface area contributed by atoms with Crippen LogP contribution < -0.4 is 9.46 Å². The molecule has 162 valence electrons. The Kier molecular flexibility index (Phi) is 5.78. The molecule has 0 atom stereocenters. The minimum Gasteiger partial charge on any atom is -0.496 e. The first kappa shape index (κ1) is 21.4. The number of hydrogen-bond acceptors (Lipinski definition) is 6. The maximum absolute atomic E-state index is 14.0. The zero-order chi connectivity index (χ0) is 22.2. The van der Waals surface area contributed by atoms with Crippen LogP contribution in [0.1, 0.15) is 16.8 Å². The molecular formula is C21H21FN4O3S2. The summed E-state index contributed by atoms with van der Waals surface area (Å²) in [5.41, 5.74) is 2.63. The molecule has 0 aliphatic rings. The lowest BCUT2D eigenvalue weighted by Gasteiger charge is -2.12. The van der Waals surface area contributed by atoms with E-state index >= 15 is 0 Å². The zero-order valence-electron chi connectivity index (χ0n) is 17.2. The number of aryl methyl sites for hydroxylation is 2. The normalized spacial score (nSPS) is 11.9. The quantitative estimate of drug-likeness (QED) is 0.454. The van der Waals surface area contributed by atoms with Crippen LogP contribution in [-0.2, 0) is 16.4 Å². The summed E-state index contributed by atoms with van der Waals surface area (Å²) in [4.78, 5) is 5.20. The molecule has 7 nitrogen and oxygen atoms in total. The van der Waals surface area contributed by atoms with Crippen LogP contribution in [0.4, 0.5) is 4.39 Å². The Morgan fingerprint density at radius 3 is 2.58 bits per heavy atom. The molecule has 1 N–H and O–H groups in total. The standard InChI is InChI=1S/C21H21FN4O3S2/c1-13-10-16(11-14(2)19(13)29-3)31(27,28)23-9-8-15-12-30-21-24-20(25-26(15)21)17-6-4-5-7-18(17)22/h4-7,10-12,23H,8-9H2,1-3H3. The summed E-state index contributed by atoms with van der Waals surface area (Å²) in [7, 11) is -2.12.